The normalized spacial score (nSPS) is 16.3. The smallest absolute Gasteiger partial charge is 0.320 e. The second-order valence-electron chi connectivity index (χ2n) is 9.41. The zero-order valence-electron chi connectivity index (χ0n) is 21.6. The van der Waals surface area contributed by atoms with Gasteiger partial charge in [0.05, 0.1) is 30.8 Å². The van der Waals surface area contributed by atoms with Gasteiger partial charge in [-0.1, -0.05) is 6.07 Å². The summed E-state index contributed by atoms with van der Waals surface area (Å²) in [5.41, 5.74) is 3.67. The molecule has 12 heteroatoms. The first kappa shape index (κ1) is 25.3. The molecule has 0 radical (unpaired) electrons. The van der Waals surface area contributed by atoms with Crippen LogP contribution in [0, 0.1) is 5.82 Å². The predicted molar refractivity (Wildman–Crippen MR) is 146 cm³/mol. The van der Waals surface area contributed by atoms with Crippen molar-refractivity contribution in [3.8, 4) is 22.8 Å². The van der Waals surface area contributed by atoms with Gasteiger partial charge in [0.15, 0.2) is 0 Å². The van der Waals surface area contributed by atoms with Crippen molar-refractivity contribution in [3.05, 3.63) is 78.5 Å². The van der Waals surface area contributed by atoms with Crippen LogP contribution in [-0.2, 0) is 16.6 Å². The molecule has 0 bridgehead atoms. The number of aromatic nitrogens is 3. The van der Waals surface area contributed by atoms with E-state index < -0.39 is 17.9 Å². The third-order valence-electron chi connectivity index (χ3n) is 6.68. The van der Waals surface area contributed by atoms with E-state index in [0.29, 0.717) is 35.9 Å². The molecule has 1 fully saturated rings. The number of urea groups is 1. The number of morpholine rings is 1. The maximum absolute atomic E-state index is 14.9. The van der Waals surface area contributed by atoms with Crippen molar-refractivity contribution in [2.75, 3.05) is 41.8 Å². The molecular weight excluding hydrogens is 517 g/mol. The highest BCUT2D eigenvalue weighted by Crippen LogP contribution is 2.35. The number of fused-ring (bicyclic) bond motifs is 1. The van der Waals surface area contributed by atoms with Gasteiger partial charge < -0.3 is 30.3 Å². The Kier molecular flexibility index (Phi) is 6.74. The molecule has 4 heterocycles. The number of halogens is 1. The van der Waals surface area contributed by atoms with E-state index in [1.54, 1.807) is 29.2 Å². The summed E-state index contributed by atoms with van der Waals surface area (Å²) in [4.78, 5) is 31.8. The molecule has 2 aliphatic rings. The van der Waals surface area contributed by atoms with Gasteiger partial charge in [0.1, 0.15) is 23.4 Å². The molecule has 11 nitrogen and oxygen atoms in total. The lowest BCUT2D eigenvalue weighted by Crippen LogP contribution is -2.36. The summed E-state index contributed by atoms with van der Waals surface area (Å²) in [6.07, 6.45) is 5.11. The zero-order valence-corrected chi connectivity index (χ0v) is 21.6. The minimum absolute atomic E-state index is 0.0584. The van der Waals surface area contributed by atoms with E-state index in [4.69, 9.17) is 9.47 Å². The topological polar surface area (TPSA) is 123 Å². The highest BCUT2D eigenvalue weighted by atomic mass is 19.1. The Morgan fingerprint density at radius 3 is 2.73 bits per heavy atom. The number of anilines is 3. The van der Waals surface area contributed by atoms with Crippen molar-refractivity contribution in [3.63, 3.8) is 0 Å². The number of hydrogen-bond donors (Lipinski definition) is 3. The number of aryl methyl sites for hydroxylation is 1. The minimum atomic E-state index is -0.903. The standard InChI is InChI=1S/C28H26FN7O4/c1-35-16-17(15-31-35)24-14-20(6-7-30-24)40-19-3-5-23(22(29)13-19)33-28(38)34-26-21-4-2-18(12-25(21)32-27(26)37)36-8-10-39-11-9-36/h2-7,12-16,26H,8-11H2,1H3,(H,32,37)(H2,33,34,38). The van der Waals surface area contributed by atoms with E-state index in [9.17, 15) is 14.0 Å². The number of hydrogen-bond acceptors (Lipinski definition) is 7. The molecule has 2 aromatic carbocycles. The quantitative estimate of drug-likeness (QED) is 0.335. The van der Waals surface area contributed by atoms with Crippen LogP contribution in [-0.4, -0.2) is 53.0 Å². The lowest BCUT2D eigenvalue weighted by atomic mass is 10.1. The summed E-state index contributed by atoms with van der Waals surface area (Å²) in [6.45, 7) is 2.82. The van der Waals surface area contributed by atoms with Crippen LogP contribution in [0.1, 0.15) is 11.6 Å². The fraction of sp³-hybridized carbons (Fsp3) is 0.214. The molecular formula is C28H26FN7O4. The van der Waals surface area contributed by atoms with Crippen LogP contribution in [0.2, 0.25) is 0 Å². The Bertz CT molecular complexity index is 1580. The number of pyridine rings is 1. The second-order valence-corrected chi connectivity index (χ2v) is 9.41. The largest absolute Gasteiger partial charge is 0.457 e. The first-order chi connectivity index (χ1) is 19.4. The molecule has 204 valence electrons. The number of carbonyl (C=O) groups excluding carboxylic acids is 2. The van der Waals surface area contributed by atoms with Gasteiger partial charge in [0, 0.05) is 67.2 Å². The van der Waals surface area contributed by atoms with Gasteiger partial charge in [-0.05, 0) is 30.3 Å². The Labute approximate surface area is 228 Å². The third-order valence-corrected chi connectivity index (χ3v) is 6.68. The number of amides is 3. The van der Waals surface area contributed by atoms with E-state index in [-0.39, 0.29) is 17.3 Å². The fourth-order valence-electron chi connectivity index (χ4n) is 4.68. The van der Waals surface area contributed by atoms with E-state index >= 15 is 0 Å². The number of ether oxygens (including phenoxy) is 2. The fourth-order valence-corrected chi connectivity index (χ4v) is 4.68. The summed E-state index contributed by atoms with van der Waals surface area (Å²) in [5, 5.41) is 12.1. The molecule has 3 N–H and O–H groups in total. The highest BCUT2D eigenvalue weighted by molar-refractivity contribution is 6.05. The number of rotatable bonds is 6. The monoisotopic (exact) mass is 543 g/mol. The molecule has 1 saturated heterocycles. The molecule has 1 unspecified atom stereocenters. The first-order valence-electron chi connectivity index (χ1n) is 12.7. The van der Waals surface area contributed by atoms with E-state index in [1.165, 1.54) is 18.2 Å². The van der Waals surface area contributed by atoms with Crippen molar-refractivity contribution >= 4 is 29.0 Å². The molecule has 2 aromatic heterocycles. The van der Waals surface area contributed by atoms with Gasteiger partial charge in [0.2, 0.25) is 0 Å². The Morgan fingerprint density at radius 2 is 1.95 bits per heavy atom. The minimum Gasteiger partial charge on any atom is -0.457 e. The van der Waals surface area contributed by atoms with Crippen molar-refractivity contribution in [2.45, 2.75) is 6.04 Å². The van der Waals surface area contributed by atoms with Crippen LogP contribution in [0.5, 0.6) is 11.5 Å². The maximum Gasteiger partial charge on any atom is 0.320 e. The van der Waals surface area contributed by atoms with Gasteiger partial charge in [0.25, 0.3) is 5.91 Å². The third kappa shape index (κ3) is 5.29. The summed E-state index contributed by atoms with van der Waals surface area (Å²) in [6, 6.07) is 11.5. The van der Waals surface area contributed by atoms with Gasteiger partial charge in [-0.25, -0.2) is 9.18 Å². The molecule has 0 aliphatic carbocycles. The van der Waals surface area contributed by atoms with Gasteiger partial charge in [-0.15, -0.1) is 0 Å². The average Bonchev–Trinajstić information content (AvgIpc) is 3.53. The SMILES string of the molecule is Cn1cc(-c2cc(Oc3ccc(NC(=O)NC4C(=O)Nc5cc(N6CCOCC6)ccc54)c(F)c3)ccn2)cn1. The average molecular weight is 544 g/mol. The van der Waals surface area contributed by atoms with Crippen molar-refractivity contribution < 1.29 is 23.5 Å². The zero-order chi connectivity index (χ0) is 27.6. The predicted octanol–water partition coefficient (Wildman–Crippen LogP) is 4.07. The summed E-state index contributed by atoms with van der Waals surface area (Å²) < 4.78 is 27.7. The number of carbonyl (C=O) groups is 2. The molecule has 6 rings (SSSR count). The molecule has 0 saturated carbocycles. The van der Waals surface area contributed by atoms with Crippen molar-refractivity contribution in [1.82, 2.24) is 20.1 Å². The Balaban J connectivity index is 1.10. The van der Waals surface area contributed by atoms with Crippen LogP contribution in [0.4, 0.5) is 26.2 Å². The maximum atomic E-state index is 14.9. The molecule has 2 aliphatic heterocycles. The van der Waals surface area contributed by atoms with E-state index in [1.807, 2.05) is 31.4 Å². The molecule has 4 aromatic rings. The van der Waals surface area contributed by atoms with Crippen LogP contribution in [0.25, 0.3) is 11.3 Å². The van der Waals surface area contributed by atoms with Crippen molar-refractivity contribution in [1.29, 1.82) is 0 Å². The molecule has 3 amide bonds. The van der Waals surface area contributed by atoms with Crippen LogP contribution in [0.3, 0.4) is 0 Å². The lowest BCUT2D eigenvalue weighted by Gasteiger charge is -2.29. The van der Waals surface area contributed by atoms with Gasteiger partial charge >= 0.3 is 6.03 Å². The van der Waals surface area contributed by atoms with E-state index in [0.717, 1.165) is 24.3 Å². The number of nitrogens with one attached hydrogen (secondary N) is 3. The summed E-state index contributed by atoms with van der Waals surface area (Å²) >= 11 is 0. The van der Waals surface area contributed by atoms with Crippen molar-refractivity contribution in [2.24, 2.45) is 7.05 Å². The second kappa shape index (κ2) is 10.7. The first-order valence-corrected chi connectivity index (χ1v) is 12.7. The Morgan fingerprint density at radius 1 is 1.12 bits per heavy atom. The molecule has 40 heavy (non-hydrogen) atoms. The van der Waals surface area contributed by atoms with Gasteiger partial charge in [-0.2, -0.15) is 5.10 Å². The summed E-state index contributed by atoms with van der Waals surface area (Å²) in [5.74, 6) is -0.349. The summed E-state index contributed by atoms with van der Waals surface area (Å²) in [7, 11) is 1.81. The van der Waals surface area contributed by atoms with E-state index in [2.05, 4.69) is 30.9 Å². The number of nitrogens with zero attached hydrogens (tertiary/aromatic N) is 4. The Hall–Kier alpha value is -4.97. The van der Waals surface area contributed by atoms with Gasteiger partial charge in [-0.3, -0.25) is 14.5 Å². The number of benzene rings is 2. The molecule has 0 spiro atoms. The van der Waals surface area contributed by atoms with Crippen LogP contribution < -0.4 is 25.6 Å². The molecule has 1 atom stereocenters. The van der Waals surface area contributed by atoms with Crippen LogP contribution in [0.15, 0.2) is 67.1 Å². The lowest BCUT2D eigenvalue weighted by molar-refractivity contribution is -0.117. The van der Waals surface area contributed by atoms with Crippen LogP contribution >= 0.6 is 0 Å². The highest BCUT2D eigenvalue weighted by Gasteiger charge is 2.32.